The molecule has 1 aliphatic rings. The summed E-state index contributed by atoms with van der Waals surface area (Å²) < 4.78 is 0. The summed E-state index contributed by atoms with van der Waals surface area (Å²) in [5.41, 5.74) is 2.65. The summed E-state index contributed by atoms with van der Waals surface area (Å²) in [7, 11) is 0. The summed E-state index contributed by atoms with van der Waals surface area (Å²) >= 11 is 17.4. The largest absolute Gasteiger partial charge is 0.298 e. The molecule has 3 aromatic rings. The molecule has 1 fully saturated rings. The van der Waals surface area contributed by atoms with E-state index in [9.17, 15) is 9.59 Å². The maximum Gasteiger partial charge on any atom is 0.270 e. The van der Waals surface area contributed by atoms with E-state index < -0.39 is 11.8 Å². The van der Waals surface area contributed by atoms with Crippen LogP contribution in [0.15, 0.2) is 54.1 Å². The Morgan fingerprint density at radius 3 is 2.52 bits per heavy atom. The number of hydrogen-bond donors (Lipinski definition) is 1. The molecule has 0 atom stereocenters. The number of amides is 2. The van der Waals surface area contributed by atoms with Crippen LogP contribution in [0.3, 0.4) is 0 Å². The molecule has 1 N–H and O–H groups in total. The van der Waals surface area contributed by atoms with Crippen molar-refractivity contribution in [1.82, 2.24) is 10.3 Å². The maximum absolute atomic E-state index is 13.1. The van der Waals surface area contributed by atoms with Gasteiger partial charge in [0, 0.05) is 16.0 Å². The van der Waals surface area contributed by atoms with Crippen molar-refractivity contribution in [1.29, 1.82) is 0 Å². The Labute approximate surface area is 181 Å². The van der Waals surface area contributed by atoms with Crippen molar-refractivity contribution >= 4 is 75.0 Å². The number of carbonyl (C=O) groups excluding carboxylic acids is 2. The molecule has 8 heteroatoms. The van der Waals surface area contributed by atoms with E-state index in [0.717, 1.165) is 16.5 Å². The van der Waals surface area contributed by atoms with E-state index >= 15 is 0 Å². The number of nitrogens with one attached hydrogen (secondary N) is 1. The molecule has 1 aliphatic heterocycles. The average molecular weight is 442 g/mol. The fraction of sp³-hybridized carbons (Fsp3) is 0.0476. The molecular formula is C21H13Cl2N3O2S. The van der Waals surface area contributed by atoms with E-state index in [1.165, 1.54) is 11.0 Å². The van der Waals surface area contributed by atoms with Crippen molar-refractivity contribution in [2.75, 3.05) is 4.90 Å². The molecule has 5 nitrogen and oxygen atoms in total. The molecular weight excluding hydrogens is 429 g/mol. The Morgan fingerprint density at radius 1 is 1.07 bits per heavy atom. The quantitative estimate of drug-likeness (QED) is 0.271. The van der Waals surface area contributed by atoms with Gasteiger partial charge in [0.25, 0.3) is 11.8 Å². The number of aryl methyl sites for hydroxylation is 1. The molecule has 0 unspecified atom stereocenters. The summed E-state index contributed by atoms with van der Waals surface area (Å²) in [6.45, 7) is 1.97. The number of halogens is 2. The predicted molar refractivity (Wildman–Crippen MR) is 119 cm³/mol. The van der Waals surface area contributed by atoms with Crippen LogP contribution >= 0.6 is 35.4 Å². The third-order valence-electron chi connectivity index (χ3n) is 4.44. The van der Waals surface area contributed by atoms with Crippen LogP contribution in [-0.2, 0) is 9.59 Å². The molecule has 2 amide bonds. The summed E-state index contributed by atoms with van der Waals surface area (Å²) in [6.07, 6.45) is 1.43. The minimum absolute atomic E-state index is 0.00201. The first-order chi connectivity index (χ1) is 13.8. The first kappa shape index (κ1) is 19.5. The molecule has 2 aromatic carbocycles. The highest BCUT2D eigenvalue weighted by Crippen LogP contribution is 2.27. The Kier molecular flexibility index (Phi) is 5.08. The molecule has 1 aromatic heterocycles. The van der Waals surface area contributed by atoms with Crippen molar-refractivity contribution in [2.24, 2.45) is 0 Å². The molecule has 0 spiro atoms. The highest BCUT2D eigenvalue weighted by molar-refractivity contribution is 7.80. The molecule has 1 saturated heterocycles. The van der Waals surface area contributed by atoms with E-state index in [1.54, 1.807) is 30.3 Å². The van der Waals surface area contributed by atoms with Gasteiger partial charge in [-0.3, -0.25) is 19.8 Å². The Bertz CT molecular complexity index is 1220. The SMILES string of the molecule is Cc1ccc2nc(Cl)c(C=C3C(=O)NC(=S)N(c4ccc(Cl)cc4)C3=O)cc2c1. The highest BCUT2D eigenvalue weighted by atomic mass is 35.5. The second-order valence-corrected chi connectivity index (χ2v) is 7.68. The second-order valence-electron chi connectivity index (χ2n) is 6.50. The number of carbonyl (C=O) groups is 2. The lowest BCUT2D eigenvalue weighted by atomic mass is 10.1. The number of thiocarbonyl (C=S) groups is 1. The lowest BCUT2D eigenvalue weighted by Gasteiger charge is -2.29. The van der Waals surface area contributed by atoms with Crippen LogP contribution < -0.4 is 10.2 Å². The smallest absolute Gasteiger partial charge is 0.270 e. The zero-order valence-corrected chi connectivity index (χ0v) is 17.4. The van der Waals surface area contributed by atoms with E-state index in [0.29, 0.717) is 16.3 Å². The van der Waals surface area contributed by atoms with Crippen LogP contribution in [-0.4, -0.2) is 21.9 Å². The standard InChI is InChI=1S/C21H13Cl2N3O2S/c1-11-2-7-17-12(8-11)9-13(18(23)24-17)10-16-19(27)25-21(29)26(20(16)28)15-5-3-14(22)4-6-15/h2-10H,1H3,(H,25,27,29). The van der Waals surface area contributed by atoms with Gasteiger partial charge in [-0.15, -0.1) is 0 Å². The molecule has 0 radical (unpaired) electrons. The van der Waals surface area contributed by atoms with Crippen molar-refractivity contribution < 1.29 is 9.59 Å². The zero-order valence-electron chi connectivity index (χ0n) is 15.1. The van der Waals surface area contributed by atoms with Gasteiger partial charge in [-0.25, -0.2) is 4.98 Å². The second kappa shape index (κ2) is 7.55. The van der Waals surface area contributed by atoms with Crippen LogP contribution in [0.4, 0.5) is 5.69 Å². The average Bonchev–Trinajstić information content (AvgIpc) is 2.67. The number of anilines is 1. The van der Waals surface area contributed by atoms with Gasteiger partial charge in [-0.2, -0.15) is 0 Å². The minimum atomic E-state index is -0.592. The van der Waals surface area contributed by atoms with E-state index in [2.05, 4.69) is 10.3 Å². The molecule has 0 bridgehead atoms. The van der Waals surface area contributed by atoms with Crippen molar-refractivity contribution in [3.05, 3.63) is 75.4 Å². The molecule has 4 rings (SSSR count). The number of benzene rings is 2. The van der Waals surface area contributed by atoms with Gasteiger partial charge in [0.15, 0.2) is 5.11 Å². The van der Waals surface area contributed by atoms with Gasteiger partial charge >= 0.3 is 0 Å². The van der Waals surface area contributed by atoms with Gasteiger partial charge in [0.05, 0.1) is 11.2 Å². The molecule has 2 heterocycles. The highest BCUT2D eigenvalue weighted by Gasteiger charge is 2.34. The summed E-state index contributed by atoms with van der Waals surface area (Å²) in [5, 5.41) is 4.11. The third-order valence-corrected chi connectivity index (χ3v) is 5.28. The van der Waals surface area contributed by atoms with Gasteiger partial charge in [-0.05, 0) is 67.7 Å². The maximum atomic E-state index is 13.1. The number of pyridine rings is 1. The topological polar surface area (TPSA) is 62.3 Å². The van der Waals surface area contributed by atoms with Crippen LogP contribution in [0.25, 0.3) is 17.0 Å². The fourth-order valence-electron chi connectivity index (χ4n) is 3.03. The van der Waals surface area contributed by atoms with Crippen molar-refractivity contribution in [2.45, 2.75) is 6.92 Å². The minimum Gasteiger partial charge on any atom is -0.298 e. The number of aromatic nitrogens is 1. The Morgan fingerprint density at radius 2 is 1.79 bits per heavy atom. The van der Waals surface area contributed by atoms with Crippen molar-refractivity contribution in [3.8, 4) is 0 Å². The number of rotatable bonds is 2. The van der Waals surface area contributed by atoms with Crippen LogP contribution in [0, 0.1) is 6.92 Å². The molecule has 0 saturated carbocycles. The summed E-state index contributed by atoms with van der Waals surface area (Å²) in [5.74, 6) is -1.15. The number of hydrogen-bond acceptors (Lipinski definition) is 4. The van der Waals surface area contributed by atoms with Crippen molar-refractivity contribution in [3.63, 3.8) is 0 Å². The fourth-order valence-corrected chi connectivity index (χ4v) is 3.63. The van der Waals surface area contributed by atoms with E-state index in [4.69, 9.17) is 35.4 Å². The van der Waals surface area contributed by atoms with E-state index in [1.807, 2.05) is 25.1 Å². The van der Waals surface area contributed by atoms with Crippen LogP contribution in [0.1, 0.15) is 11.1 Å². The van der Waals surface area contributed by atoms with Gasteiger partial charge < -0.3 is 0 Å². The molecule has 144 valence electrons. The molecule has 0 aliphatic carbocycles. The van der Waals surface area contributed by atoms with Gasteiger partial charge in [0.1, 0.15) is 10.7 Å². The first-order valence-electron chi connectivity index (χ1n) is 8.57. The number of nitrogens with zero attached hydrogens (tertiary/aromatic N) is 2. The summed E-state index contributed by atoms with van der Waals surface area (Å²) in [4.78, 5) is 31.2. The van der Waals surface area contributed by atoms with Crippen LogP contribution in [0.2, 0.25) is 10.2 Å². The lowest BCUT2D eigenvalue weighted by molar-refractivity contribution is -0.122. The van der Waals surface area contributed by atoms with E-state index in [-0.39, 0.29) is 15.8 Å². The van der Waals surface area contributed by atoms with Crippen LogP contribution in [0.5, 0.6) is 0 Å². The zero-order chi connectivity index (χ0) is 20.7. The lowest BCUT2D eigenvalue weighted by Crippen LogP contribution is -2.54. The molecule has 29 heavy (non-hydrogen) atoms. The monoisotopic (exact) mass is 441 g/mol. The van der Waals surface area contributed by atoms with Gasteiger partial charge in [-0.1, -0.05) is 34.8 Å². The summed E-state index contributed by atoms with van der Waals surface area (Å²) in [6, 6.07) is 14.1. The van der Waals surface area contributed by atoms with Gasteiger partial charge in [0.2, 0.25) is 0 Å². The number of fused-ring (bicyclic) bond motifs is 1. The first-order valence-corrected chi connectivity index (χ1v) is 9.74. The predicted octanol–water partition coefficient (Wildman–Crippen LogP) is 4.68. The Balaban J connectivity index is 1.79. The normalized spacial score (nSPS) is 15.9. The third kappa shape index (κ3) is 3.74. The Hall–Kier alpha value is -2.80.